The number of aromatic amines is 1. The Morgan fingerprint density at radius 1 is 1.20 bits per heavy atom. The molecule has 1 aliphatic carbocycles. The van der Waals surface area contributed by atoms with Gasteiger partial charge in [-0.3, -0.25) is 4.99 Å². The zero-order valence-electron chi connectivity index (χ0n) is 18.1. The van der Waals surface area contributed by atoms with Crippen LogP contribution >= 0.6 is 0 Å². The average molecular weight is 401 g/mol. The molecule has 1 aromatic heterocycles. The standard InChI is InChI=1S/C26H32N4/c1-4-17(2)19-11-13-20(14-12-19)22-10-7-15-28-26(27)18(3)25(30-22)24-16-21-8-5-6-9-23(21)29-24/h5-9,15-16,19-20,29H,2,4,10-14H2,1,3H3,(H2,27,28)/b15-7-,25-18+,30-22?. The third kappa shape index (κ3) is 4.18. The Morgan fingerprint density at radius 3 is 2.70 bits per heavy atom. The van der Waals surface area contributed by atoms with Gasteiger partial charge >= 0.3 is 0 Å². The molecule has 0 spiro atoms. The fourth-order valence-corrected chi connectivity index (χ4v) is 4.64. The van der Waals surface area contributed by atoms with Gasteiger partial charge in [0, 0.05) is 34.8 Å². The van der Waals surface area contributed by atoms with Gasteiger partial charge in [-0.25, -0.2) is 4.99 Å². The molecule has 4 rings (SSSR count). The second-order valence-electron chi connectivity index (χ2n) is 8.51. The number of para-hydroxylation sites is 1. The van der Waals surface area contributed by atoms with Gasteiger partial charge in [0.15, 0.2) is 0 Å². The van der Waals surface area contributed by atoms with E-state index in [2.05, 4.69) is 53.8 Å². The minimum atomic E-state index is 0.502. The van der Waals surface area contributed by atoms with Crippen LogP contribution in [0.4, 0.5) is 0 Å². The maximum Gasteiger partial charge on any atom is 0.128 e. The predicted octanol–water partition coefficient (Wildman–Crippen LogP) is 6.39. The number of hydrogen-bond donors (Lipinski definition) is 2. The third-order valence-corrected chi connectivity index (χ3v) is 6.66. The number of hydrogen-bond acceptors (Lipinski definition) is 3. The summed E-state index contributed by atoms with van der Waals surface area (Å²) in [5, 5.41) is 1.18. The van der Waals surface area contributed by atoms with Gasteiger partial charge in [0.2, 0.25) is 0 Å². The molecule has 4 nitrogen and oxygen atoms in total. The Bertz CT molecular complexity index is 1020. The van der Waals surface area contributed by atoms with Crippen LogP contribution in [-0.2, 0) is 0 Å². The number of aliphatic imine (C=N–C) groups is 2. The summed E-state index contributed by atoms with van der Waals surface area (Å²) in [4.78, 5) is 13.2. The van der Waals surface area contributed by atoms with Crippen molar-refractivity contribution >= 4 is 28.1 Å². The number of rotatable bonds is 4. The normalized spacial score (nSPS) is 28.1. The summed E-state index contributed by atoms with van der Waals surface area (Å²) >= 11 is 0. The maximum absolute atomic E-state index is 6.28. The molecule has 156 valence electrons. The van der Waals surface area contributed by atoms with Crippen molar-refractivity contribution in [3.63, 3.8) is 0 Å². The molecule has 0 atom stereocenters. The highest BCUT2D eigenvalue weighted by Crippen LogP contribution is 2.36. The molecule has 2 aliphatic rings. The summed E-state index contributed by atoms with van der Waals surface area (Å²) in [6.07, 6.45) is 10.6. The minimum absolute atomic E-state index is 0.502. The van der Waals surface area contributed by atoms with E-state index in [0.29, 0.717) is 17.7 Å². The van der Waals surface area contributed by atoms with Crippen LogP contribution in [-0.4, -0.2) is 16.5 Å². The van der Waals surface area contributed by atoms with E-state index in [1.807, 2.05) is 19.2 Å². The molecule has 0 bridgehead atoms. The van der Waals surface area contributed by atoms with Gasteiger partial charge in [-0.15, -0.1) is 0 Å². The highest BCUT2D eigenvalue weighted by Gasteiger charge is 2.26. The highest BCUT2D eigenvalue weighted by molar-refractivity contribution is 6.06. The third-order valence-electron chi connectivity index (χ3n) is 6.66. The first-order valence-corrected chi connectivity index (χ1v) is 11.1. The van der Waals surface area contributed by atoms with Gasteiger partial charge in [-0.2, -0.15) is 0 Å². The lowest BCUT2D eigenvalue weighted by Crippen LogP contribution is -2.23. The Morgan fingerprint density at radius 2 is 1.97 bits per heavy atom. The number of allylic oxidation sites excluding steroid dienone is 2. The van der Waals surface area contributed by atoms with Gasteiger partial charge in [0.25, 0.3) is 0 Å². The van der Waals surface area contributed by atoms with Crippen LogP contribution < -0.4 is 5.73 Å². The van der Waals surface area contributed by atoms with Crippen molar-refractivity contribution < 1.29 is 0 Å². The van der Waals surface area contributed by atoms with E-state index in [0.717, 1.165) is 35.3 Å². The monoisotopic (exact) mass is 400 g/mol. The predicted molar refractivity (Wildman–Crippen MR) is 129 cm³/mol. The van der Waals surface area contributed by atoms with Gasteiger partial charge in [-0.05, 0) is 63.0 Å². The summed E-state index contributed by atoms with van der Waals surface area (Å²) in [6, 6.07) is 10.5. The first-order chi connectivity index (χ1) is 14.6. The van der Waals surface area contributed by atoms with Crippen LogP contribution in [0, 0.1) is 11.8 Å². The van der Waals surface area contributed by atoms with Crippen molar-refractivity contribution in [2.24, 2.45) is 27.6 Å². The summed E-state index contributed by atoms with van der Waals surface area (Å²) in [6.45, 7) is 8.51. The first kappa shape index (κ1) is 20.4. The molecule has 2 heterocycles. The van der Waals surface area contributed by atoms with Crippen molar-refractivity contribution in [3.05, 3.63) is 66.0 Å². The second-order valence-corrected chi connectivity index (χ2v) is 8.51. The van der Waals surface area contributed by atoms with Crippen molar-refractivity contribution in [2.45, 2.75) is 52.4 Å². The Hall–Kier alpha value is -2.88. The van der Waals surface area contributed by atoms with Gasteiger partial charge in [0.1, 0.15) is 5.84 Å². The van der Waals surface area contributed by atoms with E-state index >= 15 is 0 Å². The van der Waals surface area contributed by atoms with E-state index in [1.54, 1.807) is 0 Å². The molecule has 1 fully saturated rings. The Labute approximate surface area is 179 Å². The zero-order valence-corrected chi connectivity index (χ0v) is 18.1. The lowest BCUT2D eigenvalue weighted by Gasteiger charge is -2.30. The fraction of sp³-hybridized carbons (Fsp3) is 0.385. The number of nitrogens with two attached hydrogens (primary N) is 1. The first-order valence-electron chi connectivity index (χ1n) is 11.1. The molecule has 4 heteroatoms. The lowest BCUT2D eigenvalue weighted by molar-refractivity contribution is 0.353. The van der Waals surface area contributed by atoms with Crippen molar-refractivity contribution in [1.29, 1.82) is 0 Å². The van der Waals surface area contributed by atoms with Crippen LogP contribution in [0.1, 0.15) is 58.1 Å². The second kappa shape index (κ2) is 8.86. The molecule has 0 unspecified atom stereocenters. The number of aromatic nitrogens is 1. The number of nitrogens with one attached hydrogen (secondary N) is 1. The summed E-state index contributed by atoms with van der Waals surface area (Å²) < 4.78 is 0. The molecule has 0 saturated heterocycles. The minimum Gasteiger partial charge on any atom is -0.383 e. The average Bonchev–Trinajstić information content (AvgIpc) is 3.23. The molecule has 2 aromatic rings. The lowest BCUT2D eigenvalue weighted by atomic mass is 9.76. The number of H-pyrrole nitrogens is 1. The highest BCUT2D eigenvalue weighted by atomic mass is 14.9. The van der Waals surface area contributed by atoms with E-state index in [9.17, 15) is 0 Å². The zero-order chi connectivity index (χ0) is 21.1. The van der Waals surface area contributed by atoms with E-state index < -0.39 is 0 Å². The van der Waals surface area contributed by atoms with Crippen LogP contribution in [0.25, 0.3) is 16.6 Å². The molecule has 30 heavy (non-hydrogen) atoms. The Kier molecular flexibility index (Phi) is 6.03. The van der Waals surface area contributed by atoms with Crippen LogP contribution in [0.5, 0.6) is 0 Å². The summed E-state index contributed by atoms with van der Waals surface area (Å²) in [7, 11) is 0. The number of fused-ring (bicyclic) bond motifs is 1. The number of nitrogens with zero attached hydrogens (tertiary/aromatic N) is 2. The number of benzene rings is 1. The quantitative estimate of drug-likeness (QED) is 0.574. The molecule has 1 aromatic carbocycles. The van der Waals surface area contributed by atoms with E-state index in [-0.39, 0.29) is 0 Å². The van der Waals surface area contributed by atoms with E-state index in [1.165, 1.54) is 42.4 Å². The molecular weight excluding hydrogens is 368 g/mol. The summed E-state index contributed by atoms with van der Waals surface area (Å²) in [5.41, 5.74) is 12.9. The van der Waals surface area contributed by atoms with Gasteiger partial charge in [0.05, 0.1) is 11.4 Å². The van der Waals surface area contributed by atoms with Crippen LogP contribution in [0.15, 0.2) is 70.3 Å². The maximum atomic E-state index is 6.28. The molecule has 1 saturated carbocycles. The molecule has 0 amide bonds. The van der Waals surface area contributed by atoms with Crippen LogP contribution in [0.2, 0.25) is 0 Å². The topological polar surface area (TPSA) is 66.5 Å². The molecule has 1 aliphatic heterocycles. The van der Waals surface area contributed by atoms with E-state index in [4.69, 9.17) is 10.7 Å². The fourth-order valence-electron chi connectivity index (χ4n) is 4.64. The smallest absolute Gasteiger partial charge is 0.128 e. The van der Waals surface area contributed by atoms with Gasteiger partial charge < -0.3 is 10.7 Å². The van der Waals surface area contributed by atoms with Crippen LogP contribution in [0.3, 0.4) is 0 Å². The molecule has 0 radical (unpaired) electrons. The van der Waals surface area contributed by atoms with Gasteiger partial charge in [-0.1, -0.05) is 43.4 Å². The molecular formula is C26H32N4. The number of amidine groups is 1. The van der Waals surface area contributed by atoms with Crippen molar-refractivity contribution in [2.75, 3.05) is 0 Å². The SMILES string of the molecule is C=C(CC)C1CCC(C2=N/C(c3cc4ccccc4[nH]3)=C(C)/C(N)=N/C=C\C2)CC1. The van der Waals surface area contributed by atoms with Crippen molar-refractivity contribution in [1.82, 2.24) is 4.98 Å². The Balaban J connectivity index is 1.70. The molecule has 3 N–H and O–H groups in total. The largest absolute Gasteiger partial charge is 0.383 e. The summed E-state index contributed by atoms with van der Waals surface area (Å²) in [5.74, 6) is 1.69. The van der Waals surface area contributed by atoms with Crippen molar-refractivity contribution in [3.8, 4) is 0 Å².